The van der Waals surface area contributed by atoms with Crippen LogP contribution in [0, 0.1) is 5.92 Å². The molecule has 0 saturated carbocycles. The summed E-state index contributed by atoms with van der Waals surface area (Å²) in [4.78, 5) is 12.2. The lowest BCUT2D eigenvalue weighted by Crippen LogP contribution is -2.06. The largest absolute Gasteiger partial charge is 0.373 e. The topological polar surface area (TPSA) is 79.6 Å². The second kappa shape index (κ2) is 5.82. The number of aromatic nitrogens is 3. The highest BCUT2D eigenvalue weighted by atomic mass is 15.0. The molecule has 0 fully saturated rings. The Hall–Kier alpha value is -1.62. The maximum atomic E-state index is 5.55. The first-order chi connectivity index (χ1) is 8.72. The number of hydrogen-bond acceptors (Lipinski definition) is 4. The van der Waals surface area contributed by atoms with Crippen molar-refractivity contribution in [3.8, 4) is 0 Å². The van der Waals surface area contributed by atoms with Crippen molar-refractivity contribution in [1.29, 1.82) is 0 Å². The van der Waals surface area contributed by atoms with Crippen molar-refractivity contribution in [3.63, 3.8) is 0 Å². The third-order valence-corrected chi connectivity index (χ3v) is 3.18. The zero-order valence-electron chi connectivity index (χ0n) is 11.0. The van der Waals surface area contributed by atoms with Crippen LogP contribution in [0.25, 0.3) is 11.2 Å². The van der Waals surface area contributed by atoms with Crippen molar-refractivity contribution in [1.82, 2.24) is 15.0 Å². The fraction of sp³-hybridized carbons (Fsp3) is 0.538. The van der Waals surface area contributed by atoms with E-state index in [0.29, 0.717) is 5.92 Å². The molecule has 0 aliphatic heterocycles. The number of anilines is 1. The number of nitrogens with one attached hydrogen (secondary N) is 2. The lowest BCUT2D eigenvalue weighted by atomic mass is 10.0. The molecule has 1 unspecified atom stereocenters. The van der Waals surface area contributed by atoms with Gasteiger partial charge in [-0.2, -0.15) is 0 Å². The molecule has 2 heterocycles. The summed E-state index contributed by atoms with van der Waals surface area (Å²) < 4.78 is 0. The summed E-state index contributed by atoms with van der Waals surface area (Å²) in [7, 11) is 1.86. The van der Waals surface area contributed by atoms with Crippen LogP contribution in [0.2, 0.25) is 0 Å². The van der Waals surface area contributed by atoms with Crippen molar-refractivity contribution >= 4 is 17.0 Å². The molecule has 0 aliphatic rings. The van der Waals surface area contributed by atoms with E-state index in [9.17, 15) is 0 Å². The number of nitrogens with zero attached hydrogens (tertiary/aromatic N) is 2. The van der Waals surface area contributed by atoms with Gasteiger partial charge in [0.2, 0.25) is 0 Å². The SMILES string of the molecule is CNc1ccc2[nH]c(CCC(C)CCN)nc2n1. The highest BCUT2D eigenvalue weighted by Gasteiger charge is 2.07. The van der Waals surface area contributed by atoms with Gasteiger partial charge < -0.3 is 16.0 Å². The molecule has 0 amide bonds. The second-order valence-corrected chi connectivity index (χ2v) is 4.72. The minimum absolute atomic E-state index is 0.643. The van der Waals surface area contributed by atoms with Gasteiger partial charge in [0.1, 0.15) is 11.6 Å². The number of hydrogen-bond donors (Lipinski definition) is 3. The summed E-state index contributed by atoms with van der Waals surface area (Å²) in [6.07, 6.45) is 3.13. The summed E-state index contributed by atoms with van der Waals surface area (Å²) in [6.45, 7) is 2.99. The van der Waals surface area contributed by atoms with E-state index < -0.39 is 0 Å². The first-order valence-electron chi connectivity index (χ1n) is 6.46. The Labute approximate surface area is 107 Å². The van der Waals surface area contributed by atoms with Crippen LogP contribution in [-0.2, 0) is 6.42 Å². The van der Waals surface area contributed by atoms with Crippen LogP contribution in [0.5, 0.6) is 0 Å². The fourth-order valence-corrected chi connectivity index (χ4v) is 2.01. The summed E-state index contributed by atoms with van der Waals surface area (Å²) in [5.74, 6) is 2.50. The zero-order valence-corrected chi connectivity index (χ0v) is 11.0. The second-order valence-electron chi connectivity index (χ2n) is 4.72. The van der Waals surface area contributed by atoms with Gasteiger partial charge in [-0.15, -0.1) is 0 Å². The van der Waals surface area contributed by atoms with E-state index in [0.717, 1.165) is 48.6 Å². The van der Waals surface area contributed by atoms with Gasteiger partial charge >= 0.3 is 0 Å². The Bertz CT molecular complexity index is 505. The molecule has 2 aromatic rings. The maximum Gasteiger partial charge on any atom is 0.179 e. The van der Waals surface area contributed by atoms with Crippen molar-refractivity contribution in [2.75, 3.05) is 18.9 Å². The smallest absolute Gasteiger partial charge is 0.179 e. The molecule has 0 radical (unpaired) electrons. The van der Waals surface area contributed by atoms with Gasteiger partial charge in [0, 0.05) is 13.5 Å². The molecular weight excluding hydrogens is 226 g/mol. The Balaban J connectivity index is 2.05. The summed E-state index contributed by atoms with van der Waals surface area (Å²) in [5.41, 5.74) is 7.33. The van der Waals surface area contributed by atoms with Gasteiger partial charge in [0.15, 0.2) is 5.65 Å². The van der Waals surface area contributed by atoms with Gasteiger partial charge in [-0.3, -0.25) is 0 Å². The van der Waals surface area contributed by atoms with Crippen LogP contribution in [-0.4, -0.2) is 28.5 Å². The van der Waals surface area contributed by atoms with Gasteiger partial charge in [-0.25, -0.2) is 9.97 Å². The van der Waals surface area contributed by atoms with Crippen molar-refractivity contribution in [3.05, 3.63) is 18.0 Å². The minimum Gasteiger partial charge on any atom is -0.373 e. The van der Waals surface area contributed by atoms with E-state index in [1.54, 1.807) is 0 Å². The average molecular weight is 247 g/mol. The highest BCUT2D eigenvalue weighted by molar-refractivity contribution is 5.72. The molecule has 0 aliphatic carbocycles. The molecule has 1 atom stereocenters. The minimum atomic E-state index is 0.643. The molecule has 0 bridgehead atoms. The number of fused-ring (bicyclic) bond motifs is 1. The van der Waals surface area contributed by atoms with Crippen molar-refractivity contribution in [2.45, 2.75) is 26.2 Å². The van der Waals surface area contributed by atoms with E-state index in [4.69, 9.17) is 5.73 Å². The predicted octanol–water partition coefficient (Wildman–Crippen LogP) is 1.92. The lowest BCUT2D eigenvalue weighted by molar-refractivity contribution is 0.495. The summed E-state index contributed by atoms with van der Waals surface area (Å²) >= 11 is 0. The summed E-state index contributed by atoms with van der Waals surface area (Å²) in [6, 6.07) is 3.95. The third kappa shape index (κ3) is 2.98. The normalized spacial score (nSPS) is 12.8. The van der Waals surface area contributed by atoms with Crippen LogP contribution in [0.3, 0.4) is 0 Å². The van der Waals surface area contributed by atoms with E-state index in [1.165, 1.54) is 0 Å². The van der Waals surface area contributed by atoms with E-state index >= 15 is 0 Å². The Morgan fingerprint density at radius 3 is 2.89 bits per heavy atom. The predicted molar refractivity (Wildman–Crippen MR) is 74.6 cm³/mol. The number of imidazole rings is 1. The van der Waals surface area contributed by atoms with E-state index in [1.807, 2.05) is 19.2 Å². The number of nitrogens with two attached hydrogens (primary N) is 1. The van der Waals surface area contributed by atoms with Crippen LogP contribution in [0.15, 0.2) is 12.1 Å². The van der Waals surface area contributed by atoms with Crippen molar-refractivity contribution < 1.29 is 0 Å². The van der Waals surface area contributed by atoms with Crippen molar-refractivity contribution in [2.24, 2.45) is 11.7 Å². The Morgan fingerprint density at radius 1 is 1.33 bits per heavy atom. The molecule has 18 heavy (non-hydrogen) atoms. The summed E-state index contributed by atoms with van der Waals surface area (Å²) in [5, 5.41) is 3.02. The molecule has 0 spiro atoms. The highest BCUT2D eigenvalue weighted by Crippen LogP contribution is 2.15. The molecule has 2 aromatic heterocycles. The van der Waals surface area contributed by atoms with Crippen LogP contribution >= 0.6 is 0 Å². The quantitative estimate of drug-likeness (QED) is 0.728. The molecule has 4 N–H and O–H groups in total. The molecule has 5 heteroatoms. The van der Waals surface area contributed by atoms with Crippen LogP contribution in [0.4, 0.5) is 5.82 Å². The lowest BCUT2D eigenvalue weighted by Gasteiger charge is -2.07. The average Bonchev–Trinajstić information content (AvgIpc) is 2.78. The Morgan fingerprint density at radius 2 is 2.17 bits per heavy atom. The number of H-pyrrole nitrogens is 1. The van der Waals surface area contributed by atoms with Gasteiger partial charge in [0.05, 0.1) is 5.52 Å². The van der Waals surface area contributed by atoms with Gasteiger partial charge in [-0.1, -0.05) is 6.92 Å². The number of pyridine rings is 1. The maximum absolute atomic E-state index is 5.55. The van der Waals surface area contributed by atoms with Crippen LogP contribution in [0.1, 0.15) is 25.6 Å². The molecule has 5 nitrogen and oxygen atoms in total. The first-order valence-corrected chi connectivity index (χ1v) is 6.46. The first kappa shape index (κ1) is 12.8. The van der Waals surface area contributed by atoms with E-state index in [2.05, 4.69) is 27.2 Å². The van der Waals surface area contributed by atoms with Gasteiger partial charge in [-0.05, 0) is 37.4 Å². The fourth-order valence-electron chi connectivity index (χ4n) is 2.01. The zero-order chi connectivity index (χ0) is 13.0. The Kier molecular flexibility index (Phi) is 4.15. The number of aryl methyl sites for hydroxylation is 1. The molecule has 0 saturated heterocycles. The molecule has 2 rings (SSSR count). The molecule has 0 aromatic carbocycles. The molecule has 98 valence electrons. The standard InChI is InChI=1S/C13H21N5/c1-9(7-8-14)3-5-12-16-10-4-6-11(15-2)17-13(10)18-12/h4,6,9H,3,5,7-8,14H2,1-2H3,(H2,15,16,17,18). The van der Waals surface area contributed by atoms with Gasteiger partial charge in [0.25, 0.3) is 0 Å². The van der Waals surface area contributed by atoms with E-state index in [-0.39, 0.29) is 0 Å². The monoisotopic (exact) mass is 247 g/mol. The number of rotatable bonds is 6. The van der Waals surface area contributed by atoms with Crippen LogP contribution < -0.4 is 11.1 Å². The molecular formula is C13H21N5. The third-order valence-electron chi connectivity index (χ3n) is 3.18. The number of aromatic amines is 1.